The number of nitrogens with zero attached hydrogens (tertiary/aromatic N) is 2. The molecule has 1 unspecified atom stereocenters. The summed E-state index contributed by atoms with van der Waals surface area (Å²) in [6, 6.07) is 9.54. The van der Waals surface area contributed by atoms with Gasteiger partial charge in [0.2, 0.25) is 0 Å². The van der Waals surface area contributed by atoms with Crippen molar-refractivity contribution in [3.05, 3.63) is 69.0 Å². The van der Waals surface area contributed by atoms with E-state index >= 15 is 0 Å². The van der Waals surface area contributed by atoms with Crippen LogP contribution in [0.4, 0.5) is 5.69 Å². The molecule has 0 aliphatic rings. The monoisotopic (exact) mass is 306 g/mol. The Morgan fingerprint density at radius 1 is 1.33 bits per heavy atom. The van der Waals surface area contributed by atoms with Gasteiger partial charge in [-0.2, -0.15) is 0 Å². The molecule has 1 aromatic carbocycles. The second-order valence-corrected chi connectivity index (χ2v) is 4.79. The van der Waals surface area contributed by atoms with Crippen LogP contribution in [0.3, 0.4) is 0 Å². The third-order valence-electron chi connectivity index (χ3n) is 3.02. The maximum atomic E-state index is 11.4. The molecule has 21 heavy (non-hydrogen) atoms. The molecule has 1 aromatic heterocycles. The zero-order valence-corrected chi connectivity index (χ0v) is 11.5. The van der Waals surface area contributed by atoms with E-state index in [0.717, 1.165) is 6.20 Å². The molecule has 1 heterocycles. The van der Waals surface area contributed by atoms with Crippen LogP contribution in [0.2, 0.25) is 5.02 Å². The van der Waals surface area contributed by atoms with Crippen LogP contribution in [0.25, 0.3) is 0 Å². The molecule has 0 aliphatic carbocycles. The van der Waals surface area contributed by atoms with Crippen LogP contribution < -0.4 is 0 Å². The van der Waals surface area contributed by atoms with Gasteiger partial charge in [-0.25, -0.2) is 0 Å². The summed E-state index contributed by atoms with van der Waals surface area (Å²) in [5.41, 5.74) is 0.764. The van der Waals surface area contributed by atoms with Gasteiger partial charge < -0.3 is 5.11 Å². The van der Waals surface area contributed by atoms with Crippen molar-refractivity contribution in [2.75, 3.05) is 0 Å². The first-order valence-electron chi connectivity index (χ1n) is 6.05. The van der Waals surface area contributed by atoms with Gasteiger partial charge in [-0.05, 0) is 24.1 Å². The van der Waals surface area contributed by atoms with Crippen molar-refractivity contribution in [1.29, 1.82) is 0 Å². The molecule has 0 amide bonds. The van der Waals surface area contributed by atoms with E-state index in [1.807, 2.05) is 0 Å². The van der Waals surface area contributed by atoms with E-state index in [1.54, 1.807) is 24.3 Å². The minimum absolute atomic E-state index is 0.166. The zero-order valence-electron chi connectivity index (χ0n) is 10.8. The summed E-state index contributed by atoms with van der Waals surface area (Å²) in [6.07, 6.45) is 1.22. The molecule has 0 spiro atoms. The van der Waals surface area contributed by atoms with Gasteiger partial charge in [0.05, 0.1) is 10.6 Å². The third kappa shape index (κ3) is 3.55. The predicted octanol–water partition coefficient (Wildman–Crippen LogP) is 3.05. The standard InChI is InChI=1S/C14H11ClN2O4/c15-12-4-2-1-3-9(12)7-11(14(18)19)13-6-5-10(8-16-13)17(20)21/h1-6,8,11H,7H2,(H,18,19). The van der Waals surface area contributed by atoms with E-state index in [2.05, 4.69) is 4.98 Å². The second-order valence-electron chi connectivity index (χ2n) is 4.38. The number of benzene rings is 1. The van der Waals surface area contributed by atoms with E-state index in [4.69, 9.17) is 11.6 Å². The molecule has 1 N–H and O–H groups in total. The fraction of sp³-hybridized carbons (Fsp3) is 0.143. The number of pyridine rings is 1. The highest BCUT2D eigenvalue weighted by Gasteiger charge is 2.23. The summed E-state index contributed by atoms with van der Waals surface area (Å²) in [4.78, 5) is 25.3. The zero-order chi connectivity index (χ0) is 15.4. The molecule has 1 atom stereocenters. The molecule has 108 valence electrons. The average Bonchev–Trinajstić information content (AvgIpc) is 2.46. The fourth-order valence-electron chi connectivity index (χ4n) is 1.91. The molecule has 0 saturated carbocycles. The summed E-state index contributed by atoms with van der Waals surface area (Å²) in [6.45, 7) is 0. The first-order chi connectivity index (χ1) is 9.99. The van der Waals surface area contributed by atoms with Gasteiger partial charge in [-0.3, -0.25) is 19.9 Å². The van der Waals surface area contributed by atoms with Crippen molar-refractivity contribution in [1.82, 2.24) is 4.98 Å². The van der Waals surface area contributed by atoms with E-state index in [-0.39, 0.29) is 17.8 Å². The Bertz CT molecular complexity index is 673. The van der Waals surface area contributed by atoms with Gasteiger partial charge in [0.25, 0.3) is 5.69 Å². The SMILES string of the molecule is O=C(O)C(Cc1ccccc1Cl)c1ccc([N+](=O)[O-])cn1. The maximum absolute atomic E-state index is 11.4. The van der Waals surface area contributed by atoms with Crippen molar-refractivity contribution < 1.29 is 14.8 Å². The van der Waals surface area contributed by atoms with Crippen LogP contribution in [0.15, 0.2) is 42.6 Å². The van der Waals surface area contributed by atoms with E-state index in [9.17, 15) is 20.0 Å². The van der Waals surface area contributed by atoms with E-state index in [1.165, 1.54) is 12.1 Å². The lowest BCUT2D eigenvalue weighted by molar-refractivity contribution is -0.385. The molecule has 0 radical (unpaired) electrons. The Labute approximate surface area is 125 Å². The molecule has 0 bridgehead atoms. The van der Waals surface area contributed by atoms with Crippen LogP contribution in [0.1, 0.15) is 17.2 Å². The number of hydrogen-bond donors (Lipinski definition) is 1. The number of nitro groups is 1. The quantitative estimate of drug-likeness (QED) is 0.677. The average molecular weight is 307 g/mol. The summed E-state index contributed by atoms with van der Waals surface area (Å²) in [5.74, 6) is -1.97. The number of rotatable bonds is 5. The smallest absolute Gasteiger partial charge is 0.312 e. The van der Waals surface area contributed by atoms with Gasteiger partial charge in [-0.1, -0.05) is 29.8 Å². The van der Waals surface area contributed by atoms with Crippen LogP contribution in [0, 0.1) is 10.1 Å². The molecule has 2 aromatic rings. The van der Waals surface area contributed by atoms with Gasteiger partial charge in [-0.15, -0.1) is 0 Å². The summed E-state index contributed by atoms with van der Waals surface area (Å²) in [5, 5.41) is 20.4. The lowest BCUT2D eigenvalue weighted by Crippen LogP contribution is -2.16. The highest BCUT2D eigenvalue weighted by atomic mass is 35.5. The minimum Gasteiger partial charge on any atom is -0.481 e. The summed E-state index contributed by atoms with van der Waals surface area (Å²) in [7, 11) is 0. The summed E-state index contributed by atoms with van der Waals surface area (Å²) < 4.78 is 0. The number of carboxylic acids is 1. The molecule has 0 aliphatic heterocycles. The molecule has 0 fully saturated rings. The van der Waals surface area contributed by atoms with E-state index in [0.29, 0.717) is 10.6 Å². The normalized spacial score (nSPS) is 11.9. The van der Waals surface area contributed by atoms with Crippen molar-refractivity contribution in [3.63, 3.8) is 0 Å². The number of aliphatic carboxylic acids is 1. The first kappa shape index (κ1) is 14.9. The van der Waals surface area contributed by atoms with Crippen LogP contribution in [0.5, 0.6) is 0 Å². The molecule has 6 nitrogen and oxygen atoms in total. The van der Waals surface area contributed by atoms with Crippen LogP contribution in [-0.2, 0) is 11.2 Å². The van der Waals surface area contributed by atoms with Crippen molar-refractivity contribution in [2.24, 2.45) is 0 Å². The maximum Gasteiger partial charge on any atom is 0.312 e. The Hall–Kier alpha value is -2.47. The lowest BCUT2D eigenvalue weighted by atomic mass is 9.95. The van der Waals surface area contributed by atoms with Crippen LogP contribution >= 0.6 is 11.6 Å². The minimum atomic E-state index is -1.06. The molecule has 2 rings (SSSR count). The predicted molar refractivity (Wildman–Crippen MR) is 76.4 cm³/mol. The highest BCUT2D eigenvalue weighted by molar-refractivity contribution is 6.31. The van der Waals surface area contributed by atoms with Crippen molar-refractivity contribution in [2.45, 2.75) is 12.3 Å². The largest absolute Gasteiger partial charge is 0.481 e. The molecule has 7 heteroatoms. The van der Waals surface area contributed by atoms with Gasteiger partial charge >= 0.3 is 5.97 Å². The molecule has 0 saturated heterocycles. The fourth-order valence-corrected chi connectivity index (χ4v) is 2.13. The van der Waals surface area contributed by atoms with Gasteiger partial charge in [0.1, 0.15) is 12.1 Å². The van der Waals surface area contributed by atoms with Crippen molar-refractivity contribution >= 4 is 23.3 Å². The highest BCUT2D eigenvalue weighted by Crippen LogP contribution is 2.25. The Morgan fingerprint density at radius 2 is 2.05 bits per heavy atom. The molecular formula is C14H11ClN2O4. The topological polar surface area (TPSA) is 93.3 Å². The number of hydrogen-bond acceptors (Lipinski definition) is 4. The van der Waals surface area contributed by atoms with Crippen LogP contribution in [-0.4, -0.2) is 21.0 Å². The number of carboxylic acid groups (broad SMARTS) is 1. The Morgan fingerprint density at radius 3 is 2.57 bits per heavy atom. The Balaban J connectivity index is 2.29. The van der Waals surface area contributed by atoms with E-state index < -0.39 is 16.8 Å². The summed E-state index contributed by atoms with van der Waals surface area (Å²) >= 11 is 6.02. The molecular weight excluding hydrogens is 296 g/mol. The number of halogens is 1. The second kappa shape index (κ2) is 6.32. The first-order valence-corrected chi connectivity index (χ1v) is 6.43. The third-order valence-corrected chi connectivity index (χ3v) is 3.39. The van der Waals surface area contributed by atoms with Gasteiger partial charge in [0.15, 0.2) is 0 Å². The van der Waals surface area contributed by atoms with Gasteiger partial charge in [0, 0.05) is 11.1 Å². The Kier molecular flexibility index (Phi) is 4.49. The number of aromatic nitrogens is 1. The lowest BCUT2D eigenvalue weighted by Gasteiger charge is -2.12. The van der Waals surface area contributed by atoms with Crippen molar-refractivity contribution in [3.8, 4) is 0 Å². The number of carbonyl (C=O) groups is 1.